The summed E-state index contributed by atoms with van der Waals surface area (Å²) in [4.78, 5) is 22.0. The third-order valence-electron chi connectivity index (χ3n) is 2.86. The molecule has 0 fully saturated rings. The zero-order chi connectivity index (χ0) is 14.3. The Bertz CT molecular complexity index is 432. The highest BCUT2D eigenvalue weighted by molar-refractivity contribution is 5.70. The van der Waals surface area contributed by atoms with Gasteiger partial charge in [-0.15, -0.1) is 0 Å². The summed E-state index contributed by atoms with van der Waals surface area (Å²) >= 11 is 0. The highest BCUT2D eigenvalue weighted by Crippen LogP contribution is 2.27. The summed E-state index contributed by atoms with van der Waals surface area (Å²) in [6, 6.07) is 9.46. The van der Waals surface area contributed by atoms with Crippen LogP contribution < -0.4 is 0 Å². The Morgan fingerprint density at radius 1 is 1.37 bits per heavy atom. The van der Waals surface area contributed by atoms with Gasteiger partial charge in [0, 0.05) is 10.3 Å². The molecule has 0 amide bonds. The van der Waals surface area contributed by atoms with Gasteiger partial charge in [0.15, 0.2) is 0 Å². The highest BCUT2D eigenvalue weighted by atomic mass is 16.6. The van der Waals surface area contributed by atoms with E-state index in [1.165, 1.54) is 0 Å². The molecule has 0 N–H and O–H groups in total. The first kappa shape index (κ1) is 15.1. The van der Waals surface area contributed by atoms with Crippen LogP contribution in [0.3, 0.4) is 0 Å². The molecule has 0 aliphatic carbocycles. The molecule has 1 rings (SSSR count). The van der Waals surface area contributed by atoms with E-state index < -0.39 is 5.41 Å². The second kappa shape index (κ2) is 6.87. The minimum Gasteiger partial charge on any atom is -0.466 e. The van der Waals surface area contributed by atoms with Gasteiger partial charge in [0.2, 0.25) is 6.54 Å². The fraction of sp³-hybridized carbons (Fsp3) is 0.500. The normalized spacial score (nSPS) is 13.6. The van der Waals surface area contributed by atoms with Crippen molar-refractivity contribution in [2.24, 2.45) is 5.41 Å². The van der Waals surface area contributed by atoms with Gasteiger partial charge in [-0.3, -0.25) is 14.9 Å². The minimum atomic E-state index is -0.725. The van der Waals surface area contributed by atoms with E-state index in [0.717, 1.165) is 5.56 Å². The minimum absolute atomic E-state index is 0.0523. The van der Waals surface area contributed by atoms with Gasteiger partial charge in [-0.25, -0.2) is 0 Å². The first-order chi connectivity index (χ1) is 8.95. The molecular formula is C14H19NO4. The molecule has 1 aromatic rings. The van der Waals surface area contributed by atoms with Crippen LogP contribution in [0.2, 0.25) is 0 Å². The first-order valence-corrected chi connectivity index (χ1v) is 6.26. The topological polar surface area (TPSA) is 69.4 Å². The second-order valence-electron chi connectivity index (χ2n) is 4.95. The first-order valence-electron chi connectivity index (χ1n) is 6.26. The third kappa shape index (κ3) is 5.50. The maximum Gasteiger partial charge on any atom is 0.306 e. The molecule has 0 aliphatic rings. The fourth-order valence-corrected chi connectivity index (χ4v) is 2.14. The Labute approximate surface area is 112 Å². The zero-order valence-electron chi connectivity index (χ0n) is 11.3. The van der Waals surface area contributed by atoms with E-state index in [9.17, 15) is 14.9 Å². The van der Waals surface area contributed by atoms with Gasteiger partial charge in [0.1, 0.15) is 0 Å². The maximum absolute atomic E-state index is 11.6. The van der Waals surface area contributed by atoms with Gasteiger partial charge in [-0.1, -0.05) is 37.3 Å². The Hall–Kier alpha value is -1.91. The van der Waals surface area contributed by atoms with E-state index in [1.807, 2.05) is 30.3 Å². The lowest BCUT2D eigenvalue weighted by Gasteiger charge is -2.24. The van der Waals surface area contributed by atoms with Crippen LogP contribution >= 0.6 is 0 Å². The lowest BCUT2D eigenvalue weighted by atomic mass is 9.80. The van der Waals surface area contributed by atoms with Crippen molar-refractivity contribution in [3.63, 3.8) is 0 Å². The van der Waals surface area contributed by atoms with E-state index in [-0.39, 0.29) is 23.9 Å². The van der Waals surface area contributed by atoms with Crippen LogP contribution in [0.5, 0.6) is 0 Å². The molecule has 5 heteroatoms. The predicted octanol–water partition coefficient (Wildman–Crippen LogP) is 2.47. The van der Waals surface area contributed by atoms with Crippen molar-refractivity contribution >= 4 is 5.97 Å². The molecule has 0 unspecified atom stereocenters. The summed E-state index contributed by atoms with van der Waals surface area (Å²) in [6.07, 6.45) is 0.532. The van der Waals surface area contributed by atoms with Crippen LogP contribution in [0.15, 0.2) is 30.3 Å². The van der Waals surface area contributed by atoms with E-state index in [1.54, 1.807) is 13.8 Å². The molecule has 0 radical (unpaired) electrons. The molecule has 0 saturated heterocycles. The maximum atomic E-state index is 11.6. The molecule has 0 heterocycles. The molecule has 0 bridgehead atoms. The Morgan fingerprint density at radius 3 is 2.53 bits per heavy atom. The Kier molecular flexibility index (Phi) is 5.48. The molecule has 0 aromatic heterocycles. The van der Waals surface area contributed by atoms with Gasteiger partial charge in [-0.2, -0.15) is 0 Å². The average molecular weight is 265 g/mol. The smallest absolute Gasteiger partial charge is 0.306 e. The van der Waals surface area contributed by atoms with Gasteiger partial charge in [0.25, 0.3) is 0 Å². The van der Waals surface area contributed by atoms with Crippen molar-refractivity contribution in [3.05, 3.63) is 46.0 Å². The molecule has 5 nitrogen and oxygen atoms in total. The monoisotopic (exact) mass is 265 g/mol. The number of hydrogen-bond donors (Lipinski definition) is 0. The molecule has 0 aliphatic heterocycles. The van der Waals surface area contributed by atoms with Crippen molar-refractivity contribution in [2.75, 3.05) is 13.2 Å². The van der Waals surface area contributed by atoms with Crippen molar-refractivity contribution in [3.8, 4) is 0 Å². The van der Waals surface area contributed by atoms with E-state index in [2.05, 4.69) is 0 Å². The quantitative estimate of drug-likeness (QED) is 0.431. The molecule has 0 spiro atoms. The molecule has 0 saturated carbocycles. The van der Waals surface area contributed by atoms with Crippen molar-refractivity contribution < 1.29 is 14.5 Å². The van der Waals surface area contributed by atoms with Crippen molar-refractivity contribution in [2.45, 2.75) is 26.7 Å². The summed E-state index contributed by atoms with van der Waals surface area (Å²) < 4.78 is 4.90. The van der Waals surface area contributed by atoms with Gasteiger partial charge < -0.3 is 4.74 Å². The molecule has 19 heavy (non-hydrogen) atoms. The Morgan fingerprint density at radius 2 is 2.00 bits per heavy atom. The zero-order valence-corrected chi connectivity index (χ0v) is 11.3. The van der Waals surface area contributed by atoms with Gasteiger partial charge >= 0.3 is 5.97 Å². The second-order valence-corrected chi connectivity index (χ2v) is 4.95. The van der Waals surface area contributed by atoms with E-state index in [4.69, 9.17) is 4.74 Å². The van der Waals surface area contributed by atoms with E-state index in [0.29, 0.717) is 13.0 Å². The molecule has 104 valence electrons. The summed E-state index contributed by atoms with van der Waals surface area (Å²) in [5.41, 5.74) is 0.257. The van der Waals surface area contributed by atoms with Gasteiger partial charge in [0.05, 0.1) is 13.0 Å². The number of carbonyl (C=O) groups is 1. The molecule has 1 atom stereocenters. The van der Waals surface area contributed by atoms with Crippen LogP contribution in [0, 0.1) is 15.5 Å². The molecular weight excluding hydrogens is 246 g/mol. The fourth-order valence-electron chi connectivity index (χ4n) is 2.14. The summed E-state index contributed by atoms with van der Waals surface area (Å²) in [7, 11) is 0. The van der Waals surface area contributed by atoms with Gasteiger partial charge in [-0.05, 0) is 18.9 Å². The number of carbonyl (C=O) groups excluding carboxylic acids is 1. The largest absolute Gasteiger partial charge is 0.466 e. The lowest BCUT2D eigenvalue weighted by Crippen LogP contribution is -2.32. The number of nitro groups is 1. The number of benzene rings is 1. The summed E-state index contributed by atoms with van der Waals surface area (Å²) in [6.45, 7) is 3.51. The van der Waals surface area contributed by atoms with Crippen LogP contribution in [0.1, 0.15) is 25.8 Å². The number of ether oxygens (including phenoxy) is 1. The average Bonchev–Trinajstić information content (AvgIpc) is 2.28. The molecule has 1 aromatic carbocycles. The predicted molar refractivity (Wildman–Crippen MR) is 71.4 cm³/mol. The lowest BCUT2D eigenvalue weighted by molar-refractivity contribution is -0.496. The van der Waals surface area contributed by atoms with Crippen molar-refractivity contribution in [1.29, 1.82) is 0 Å². The summed E-state index contributed by atoms with van der Waals surface area (Å²) in [5, 5.41) is 10.8. The Balaban J connectivity index is 2.80. The van der Waals surface area contributed by atoms with Crippen LogP contribution in [-0.2, 0) is 16.0 Å². The number of esters is 1. The third-order valence-corrected chi connectivity index (χ3v) is 2.86. The highest BCUT2D eigenvalue weighted by Gasteiger charge is 2.34. The standard InChI is InChI=1S/C14H19NO4/c1-3-19-13(16)10-14(2,11-15(17)18)9-12-7-5-4-6-8-12/h4-8H,3,9-11H2,1-2H3/t14-/m1/s1. The summed E-state index contributed by atoms with van der Waals surface area (Å²) in [5.74, 6) is -0.386. The van der Waals surface area contributed by atoms with Crippen LogP contribution in [-0.4, -0.2) is 24.0 Å². The van der Waals surface area contributed by atoms with E-state index >= 15 is 0 Å². The van der Waals surface area contributed by atoms with Crippen LogP contribution in [0.25, 0.3) is 0 Å². The number of nitrogens with zero attached hydrogens (tertiary/aromatic N) is 1. The van der Waals surface area contributed by atoms with Crippen LogP contribution in [0.4, 0.5) is 0 Å². The number of rotatable bonds is 7. The van der Waals surface area contributed by atoms with Crippen molar-refractivity contribution in [1.82, 2.24) is 0 Å². The number of hydrogen-bond acceptors (Lipinski definition) is 4. The SMILES string of the molecule is CCOC(=O)C[C@@](C)(Cc1ccccc1)C[N+](=O)[O-].